The quantitative estimate of drug-likeness (QED) is 0.0754. The number of carbonyl (C=O) groups is 1. The summed E-state index contributed by atoms with van der Waals surface area (Å²) >= 11 is 0. The molecule has 0 bridgehead atoms. The number of carbonyl (C=O) groups excluding carboxylic acids is 1. The third kappa shape index (κ3) is 6.87. The van der Waals surface area contributed by atoms with Crippen LogP contribution in [0.3, 0.4) is 0 Å². The third-order valence-corrected chi connectivity index (χ3v) is 19.8. The van der Waals surface area contributed by atoms with Gasteiger partial charge in [0.25, 0.3) is 8.32 Å². The first-order valence-corrected chi connectivity index (χ1v) is 24.1. The van der Waals surface area contributed by atoms with Crippen molar-refractivity contribution in [1.29, 1.82) is 0 Å². The first-order valence-electron chi connectivity index (χ1n) is 22.2. The molecule has 294 valence electrons. The molecular formula is C50H66O4Si. The van der Waals surface area contributed by atoms with Crippen LogP contribution in [0.25, 0.3) is 0 Å². The lowest BCUT2D eigenvalue weighted by Gasteiger charge is -2.61. The molecule has 0 heterocycles. The van der Waals surface area contributed by atoms with E-state index in [0.29, 0.717) is 43.2 Å². The number of rotatable bonds is 13. The van der Waals surface area contributed by atoms with E-state index in [1.165, 1.54) is 78.9 Å². The molecular weight excluding hydrogens is 693 g/mol. The molecule has 5 aliphatic carbocycles. The Morgan fingerprint density at radius 1 is 0.673 bits per heavy atom. The number of hydrogen-bond donors (Lipinski definition) is 0. The van der Waals surface area contributed by atoms with Gasteiger partial charge in [-0.15, -0.1) is 0 Å². The van der Waals surface area contributed by atoms with Gasteiger partial charge in [0, 0.05) is 31.3 Å². The average molecular weight is 759 g/mol. The van der Waals surface area contributed by atoms with Crippen molar-refractivity contribution < 1.29 is 18.7 Å². The van der Waals surface area contributed by atoms with Gasteiger partial charge in [-0.3, -0.25) is 4.79 Å². The van der Waals surface area contributed by atoms with Gasteiger partial charge < -0.3 is 13.9 Å². The molecule has 0 spiro atoms. The molecule has 3 aromatic rings. The fraction of sp³-hybridized carbons (Fsp3) is 0.580. The van der Waals surface area contributed by atoms with Gasteiger partial charge in [-0.25, -0.2) is 0 Å². The molecule has 0 radical (unpaired) electrons. The van der Waals surface area contributed by atoms with E-state index in [9.17, 15) is 4.79 Å². The molecule has 6 atom stereocenters. The van der Waals surface area contributed by atoms with Crippen LogP contribution in [0.2, 0.25) is 0 Å². The van der Waals surface area contributed by atoms with Crippen LogP contribution in [-0.2, 0) is 18.7 Å². The largest absolute Gasteiger partial charge is 0.398 e. The van der Waals surface area contributed by atoms with Crippen LogP contribution in [0, 0.1) is 28.6 Å². The van der Waals surface area contributed by atoms with Gasteiger partial charge in [0.15, 0.2) is 11.6 Å². The number of benzene rings is 3. The Labute approximate surface area is 333 Å². The van der Waals surface area contributed by atoms with E-state index in [0.717, 1.165) is 44.9 Å². The minimum absolute atomic E-state index is 0.0432. The van der Waals surface area contributed by atoms with Crippen molar-refractivity contribution in [2.45, 2.75) is 141 Å². The normalized spacial score (nSPS) is 31.8. The summed E-state index contributed by atoms with van der Waals surface area (Å²) in [6, 6.07) is 33.8. The summed E-state index contributed by atoms with van der Waals surface area (Å²) in [4.78, 5) is 13.1. The van der Waals surface area contributed by atoms with E-state index in [1.54, 1.807) is 0 Å². The molecule has 0 aliphatic heterocycles. The Morgan fingerprint density at radius 3 is 1.85 bits per heavy atom. The first-order chi connectivity index (χ1) is 26.8. The number of ketones is 1. The molecule has 4 nitrogen and oxygen atoms in total. The van der Waals surface area contributed by atoms with Crippen molar-refractivity contribution in [3.63, 3.8) is 0 Å². The lowest BCUT2D eigenvalue weighted by molar-refractivity contribution is -0.260. The highest BCUT2D eigenvalue weighted by Gasteiger charge is 2.67. The molecule has 0 aromatic heterocycles. The highest BCUT2D eigenvalue weighted by Crippen LogP contribution is 2.69. The molecule has 55 heavy (non-hydrogen) atoms. The summed E-state index contributed by atoms with van der Waals surface area (Å²) in [5, 5.41) is 4.00. The molecule has 4 fully saturated rings. The maximum absolute atomic E-state index is 13.1. The Kier molecular flexibility index (Phi) is 11.5. The Hall–Kier alpha value is -2.83. The van der Waals surface area contributed by atoms with Gasteiger partial charge >= 0.3 is 0 Å². The molecule has 5 heteroatoms. The van der Waals surface area contributed by atoms with Crippen molar-refractivity contribution in [2.24, 2.45) is 28.6 Å². The monoisotopic (exact) mass is 758 g/mol. The van der Waals surface area contributed by atoms with Crippen LogP contribution in [0.15, 0.2) is 103 Å². The smallest absolute Gasteiger partial charge is 0.288 e. The Bertz CT molecular complexity index is 1670. The maximum atomic E-state index is 13.1. The fourth-order valence-corrected chi connectivity index (χ4v) is 17.3. The lowest BCUT2D eigenvalue weighted by atomic mass is 9.46. The van der Waals surface area contributed by atoms with Crippen molar-refractivity contribution >= 4 is 29.7 Å². The predicted molar refractivity (Wildman–Crippen MR) is 226 cm³/mol. The number of fused-ring (bicyclic) bond motifs is 5. The van der Waals surface area contributed by atoms with E-state index in [2.05, 4.69) is 118 Å². The number of unbranched alkanes of at least 4 members (excludes halogenated alkanes) is 1. The van der Waals surface area contributed by atoms with Gasteiger partial charge in [-0.2, -0.15) is 0 Å². The van der Waals surface area contributed by atoms with Crippen molar-refractivity contribution in [3.8, 4) is 0 Å². The SMILES string of the molecule is CCCCC1(O[Si](c2ccccc2)(c2ccccc2)c2ccccc2)CC[C@H]2[C@@H]3CCC4=CC(=O)CC[C@]4(COC4(OCC)CCCCCC4)[C@@H]3CC[C@@]21C. The molecule has 3 aromatic carbocycles. The van der Waals surface area contributed by atoms with E-state index in [4.69, 9.17) is 13.9 Å². The topological polar surface area (TPSA) is 44.8 Å². The van der Waals surface area contributed by atoms with Crippen molar-refractivity contribution in [3.05, 3.63) is 103 Å². The second kappa shape index (κ2) is 16.2. The summed E-state index contributed by atoms with van der Waals surface area (Å²) in [5.74, 6) is 1.52. The second-order valence-corrected chi connectivity index (χ2v) is 21.5. The zero-order valence-corrected chi connectivity index (χ0v) is 35.0. The van der Waals surface area contributed by atoms with Gasteiger partial charge in [0.2, 0.25) is 0 Å². The van der Waals surface area contributed by atoms with Gasteiger partial charge in [0.05, 0.1) is 12.2 Å². The van der Waals surface area contributed by atoms with Crippen LogP contribution >= 0.6 is 0 Å². The van der Waals surface area contributed by atoms with Crippen LogP contribution in [-0.4, -0.2) is 38.7 Å². The standard InChI is InChI=1S/C50H66O4Si/c1-4-6-31-49(54-55(41-20-12-9-13-21-41,42-22-14-10-15-23-42)43-24-16-11-17-25-43)36-30-45-44-27-26-39-37-40(51)28-35-48(39,46(44)29-34-47(45,49)3)38-53-50(52-5-2)32-18-7-8-19-33-50/h9-17,20-25,37,44-46H,4-8,18-19,26-36,38H2,1-3H3/t44-,45-,46+,47-,48+,49?/m0/s1. The zero-order chi connectivity index (χ0) is 38.0. The predicted octanol–water partition coefficient (Wildman–Crippen LogP) is 10.2. The maximum Gasteiger partial charge on any atom is 0.288 e. The second-order valence-electron chi connectivity index (χ2n) is 18.2. The lowest BCUT2D eigenvalue weighted by Crippen LogP contribution is -2.73. The summed E-state index contributed by atoms with van der Waals surface area (Å²) < 4.78 is 22.3. The average Bonchev–Trinajstić information content (AvgIpc) is 3.33. The van der Waals surface area contributed by atoms with Gasteiger partial charge in [0.1, 0.15) is 0 Å². The fourth-order valence-electron chi connectivity index (χ4n) is 12.9. The molecule has 0 amide bonds. The molecule has 4 saturated carbocycles. The van der Waals surface area contributed by atoms with E-state index in [1.807, 2.05) is 0 Å². The van der Waals surface area contributed by atoms with Crippen LogP contribution in [0.5, 0.6) is 0 Å². The van der Waals surface area contributed by atoms with E-state index in [-0.39, 0.29) is 16.4 Å². The molecule has 5 aliphatic rings. The third-order valence-electron chi connectivity index (χ3n) is 15.7. The minimum Gasteiger partial charge on any atom is -0.398 e. The molecule has 1 unspecified atom stereocenters. The Morgan fingerprint density at radius 2 is 1.27 bits per heavy atom. The van der Waals surface area contributed by atoms with E-state index < -0.39 is 14.1 Å². The highest BCUT2D eigenvalue weighted by molar-refractivity contribution is 7.07. The summed E-state index contributed by atoms with van der Waals surface area (Å²) in [5.41, 5.74) is 1.11. The zero-order valence-electron chi connectivity index (χ0n) is 34.0. The van der Waals surface area contributed by atoms with Crippen molar-refractivity contribution in [1.82, 2.24) is 0 Å². The highest BCUT2D eigenvalue weighted by atomic mass is 28.4. The van der Waals surface area contributed by atoms with Crippen LogP contribution in [0.1, 0.15) is 130 Å². The van der Waals surface area contributed by atoms with Gasteiger partial charge in [-0.05, 0) is 116 Å². The Balaban J connectivity index is 1.19. The summed E-state index contributed by atoms with van der Waals surface area (Å²) in [6.07, 6.45) is 20.7. The minimum atomic E-state index is -2.96. The molecule has 0 saturated heterocycles. The summed E-state index contributed by atoms with van der Waals surface area (Å²) in [7, 11) is -2.96. The van der Waals surface area contributed by atoms with Crippen LogP contribution in [0.4, 0.5) is 0 Å². The molecule has 0 N–H and O–H groups in total. The van der Waals surface area contributed by atoms with Crippen molar-refractivity contribution in [2.75, 3.05) is 13.2 Å². The number of hydrogen-bond acceptors (Lipinski definition) is 4. The van der Waals surface area contributed by atoms with Crippen LogP contribution < -0.4 is 15.6 Å². The molecule has 8 rings (SSSR count). The summed E-state index contributed by atoms with van der Waals surface area (Å²) in [6.45, 7) is 8.50. The first kappa shape index (κ1) is 39.0. The van der Waals surface area contributed by atoms with Gasteiger partial charge in [-0.1, -0.05) is 136 Å². The van der Waals surface area contributed by atoms with E-state index >= 15 is 0 Å². The number of ether oxygens (including phenoxy) is 2.